The Labute approximate surface area is 156 Å². The van der Waals surface area contributed by atoms with Crippen LogP contribution in [-0.2, 0) is 36.8 Å². The number of aryl methyl sites for hydroxylation is 1. The number of hydrogen-bond donors (Lipinski definition) is 0. The zero-order chi connectivity index (χ0) is 19.8. The maximum atomic E-state index is 12.4. The predicted molar refractivity (Wildman–Crippen MR) is 94.2 cm³/mol. The highest BCUT2D eigenvalue weighted by Gasteiger charge is 2.17. The molecule has 4 aromatic heterocycles. The molecule has 4 aromatic rings. The minimum absolute atomic E-state index is 0.105. The fourth-order valence-electron chi connectivity index (χ4n) is 2.77. The van der Waals surface area contributed by atoms with E-state index in [1.165, 1.54) is 35.8 Å². The lowest BCUT2D eigenvalue weighted by Gasteiger charge is -2.06. The van der Waals surface area contributed by atoms with E-state index >= 15 is 0 Å². The van der Waals surface area contributed by atoms with E-state index in [4.69, 9.17) is 13.7 Å². The van der Waals surface area contributed by atoms with Gasteiger partial charge < -0.3 is 18.2 Å². The Morgan fingerprint density at radius 2 is 2.04 bits per heavy atom. The Kier molecular flexibility index (Phi) is 4.18. The molecule has 11 nitrogen and oxygen atoms in total. The van der Waals surface area contributed by atoms with Crippen LogP contribution in [0.2, 0.25) is 0 Å². The molecule has 0 saturated heterocycles. The molecule has 0 aromatic carbocycles. The van der Waals surface area contributed by atoms with E-state index in [-0.39, 0.29) is 24.3 Å². The average Bonchev–Trinajstić information content (AvgIpc) is 3.43. The molecule has 0 aliphatic heterocycles. The van der Waals surface area contributed by atoms with Crippen molar-refractivity contribution in [3.8, 4) is 11.5 Å². The number of carbonyl (C=O) groups is 1. The number of carbonyl (C=O) groups excluding carboxylic acids is 1. The van der Waals surface area contributed by atoms with Crippen LogP contribution < -0.4 is 11.2 Å². The van der Waals surface area contributed by atoms with Gasteiger partial charge in [0.15, 0.2) is 16.9 Å². The number of furan rings is 1. The van der Waals surface area contributed by atoms with E-state index in [0.29, 0.717) is 17.2 Å². The van der Waals surface area contributed by atoms with Crippen molar-refractivity contribution in [3.63, 3.8) is 0 Å². The van der Waals surface area contributed by atoms with E-state index in [9.17, 15) is 14.4 Å². The Morgan fingerprint density at radius 3 is 2.79 bits per heavy atom. The number of nitrogens with zero attached hydrogens (tertiary/aromatic N) is 5. The second-order valence-electron chi connectivity index (χ2n) is 6.07. The Bertz CT molecular complexity index is 1270. The molecule has 0 atom stereocenters. The van der Waals surface area contributed by atoms with Crippen molar-refractivity contribution in [2.75, 3.05) is 0 Å². The predicted octanol–water partition coefficient (Wildman–Crippen LogP) is 0.425. The first-order valence-corrected chi connectivity index (χ1v) is 8.21. The van der Waals surface area contributed by atoms with Gasteiger partial charge >= 0.3 is 11.7 Å². The summed E-state index contributed by atoms with van der Waals surface area (Å²) in [5.74, 6) is 0.329. The third-order valence-corrected chi connectivity index (χ3v) is 4.22. The molecular formula is C17H15N5O6. The molecule has 0 bridgehead atoms. The van der Waals surface area contributed by atoms with Gasteiger partial charge in [0.25, 0.3) is 5.56 Å². The van der Waals surface area contributed by atoms with Gasteiger partial charge in [0.2, 0.25) is 5.76 Å². The first kappa shape index (κ1) is 17.5. The summed E-state index contributed by atoms with van der Waals surface area (Å²) in [6.07, 6.45) is 2.82. The van der Waals surface area contributed by atoms with Crippen LogP contribution in [0.25, 0.3) is 22.7 Å². The van der Waals surface area contributed by atoms with Crippen LogP contribution in [0.1, 0.15) is 5.69 Å². The Balaban J connectivity index is 1.49. The molecule has 11 heteroatoms. The van der Waals surface area contributed by atoms with Crippen molar-refractivity contribution in [3.05, 3.63) is 57.3 Å². The molecule has 0 fully saturated rings. The van der Waals surface area contributed by atoms with Crippen LogP contribution in [0.4, 0.5) is 0 Å². The largest absolute Gasteiger partial charge is 0.461 e. The van der Waals surface area contributed by atoms with Gasteiger partial charge in [0, 0.05) is 20.2 Å². The topological polar surface area (TPSA) is 127 Å². The van der Waals surface area contributed by atoms with Gasteiger partial charge in [-0.25, -0.2) is 9.78 Å². The number of ether oxygens (including phenoxy) is 1. The molecule has 4 heterocycles. The number of rotatable bonds is 5. The number of esters is 1. The fourth-order valence-corrected chi connectivity index (χ4v) is 2.77. The number of imidazole rings is 1. The van der Waals surface area contributed by atoms with Crippen molar-refractivity contribution in [1.29, 1.82) is 0 Å². The van der Waals surface area contributed by atoms with Gasteiger partial charge in [-0.1, -0.05) is 5.16 Å². The summed E-state index contributed by atoms with van der Waals surface area (Å²) in [4.78, 5) is 40.5. The normalized spacial score (nSPS) is 11.2. The highest BCUT2D eigenvalue weighted by Crippen LogP contribution is 2.20. The van der Waals surface area contributed by atoms with E-state index < -0.39 is 17.2 Å². The third-order valence-electron chi connectivity index (χ3n) is 4.22. The van der Waals surface area contributed by atoms with Gasteiger partial charge in [-0.3, -0.25) is 18.7 Å². The summed E-state index contributed by atoms with van der Waals surface area (Å²) in [6, 6.07) is 5.03. The van der Waals surface area contributed by atoms with Gasteiger partial charge in [-0.05, 0) is 12.1 Å². The van der Waals surface area contributed by atoms with Crippen LogP contribution in [0.15, 0.2) is 49.3 Å². The summed E-state index contributed by atoms with van der Waals surface area (Å²) < 4.78 is 19.1. The summed E-state index contributed by atoms with van der Waals surface area (Å²) in [6.45, 7) is -0.348. The zero-order valence-electron chi connectivity index (χ0n) is 15.0. The monoisotopic (exact) mass is 385 g/mol. The number of aromatic nitrogens is 5. The Morgan fingerprint density at radius 1 is 1.21 bits per heavy atom. The summed E-state index contributed by atoms with van der Waals surface area (Å²) in [5.41, 5.74) is -0.288. The quantitative estimate of drug-likeness (QED) is 0.452. The molecular weight excluding hydrogens is 370 g/mol. The smallest absolute Gasteiger partial charge is 0.332 e. The van der Waals surface area contributed by atoms with Crippen molar-refractivity contribution >= 4 is 17.1 Å². The van der Waals surface area contributed by atoms with Crippen LogP contribution in [0, 0.1) is 0 Å². The molecule has 0 aliphatic rings. The minimum Gasteiger partial charge on any atom is -0.461 e. The summed E-state index contributed by atoms with van der Waals surface area (Å²) >= 11 is 0. The van der Waals surface area contributed by atoms with E-state index in [1.807, 2.05) is 0 Å². The lowest BCUT2D eigenvalue weighted by molar-refractivity contribution is -0.145. The molecule has 4 rings (SSSR count). The van der Waals surface area contributed by atoms with E-state index in [0.717, 1.165) is 4.57 Å². The average molecular weight is 385 g/mol. The van der Waals surface area contributed by atoms with E-state index in [1.54, 1.807) is 18.2 Å². The molecule has 0 aliphatic carbocycles. The van der Waals surface area contributed by atoms with E-state index in [2.05, 4.69) is 10.1 Å². The number of fused-ring (bicyclic) bond motifs is 1. The lowest BCUT2D eigenvalue weighted by Crippen LogP contribution is -2.37. The highest BCUT2D eigenvalue weighted by atomic mass is 16.5. The van der Waals surface area contributed by atoms with Crippen molar-refractivity contribution in [2.24, 2.45) is 14.1 Å². The third kappa shape index (κ3) is 2.92. The first-order chi connectivity index (χ1) is 13.5. The van der Waals surface area contributed by atoms with Crippen molar-refractivity contribution in [1.82, 2.24) is 23.8 Å². The minimum atomic E-state index is -0.599. The van der Waals surface area contributed by atoms with Gasteiger partial charge in [0.1, 0.15) is 18.8 Å². The fraction of sp³-hybridized carbons (Fsp3) is 0.235. The van der Waals surface area contributed by atoms with Crippen molar-refractivity contribution in [2.45, 2.75) is 13.2 Å². The second kappa shape index (κ2) is 6.68. The standard InChI is InChI=1S/C17H15N5O6/c1-20-15-14(16(24)21(2)17(20)25)22(9-18-15)7-13(23)27-8-10-6-12(28-19-10)11-4-3-5-26-11/h3-6,9H,7-8H2,1-2H3. The van der Waals surface area contributed by atoms with Gasteiger partial charge in [-0.2, -0.15) is 0 Å². The van der Waals surface area contributed by atoms with Gasteiger partial charge in [0.05, 0.1) is 12.6 Å². The molecule has 144 valence electrons. The molecule has 0 spiro atoms. The van der Waals surface area contributed by atoms with Crippen LogP contribution in [0.5, 0.6) is 0 Å². The summed E-state index contributed by atoms with van der Waals surface area (Å²) in [7, 11) is 2.86. The summed E-state index contributed by atoms with van der Waals surface area (Å²) in [5, 5.41) is 3.82. The SMILES string of the molecule is Cn1c(=O)c2c(ncn2CC(=O)OCc2cc(-c3ccco3)on2)n(C)c1=O. The van der Waals surface area contributed by atoms with Crippen LogP contribution in [-0.4, -0.2) is 29.8 Å². The van der Waals surface area contributed by atoms with Crippen LogP contribution in [0.3, 0.4) is 0 Å². The molecule has 0 saturated carbocycles. The second-order valence-corrected chi connectivity index (χ2v) is 6.07. The van der Waals surface area contributed by atoms with Crippen LogP contribution >= 0.6 is 0 Å². The highest BCUT2D eigenvalue weighted by molar-refractivity contribution is 5.75. The Hall–Kier alpha value is -3.89. The van der Waals surface area contributed by atoms with Gasteiger partial charge in [-0.15, -0.1) is 0 Å². The lowest BCUT2D eigenvalue weighted by atomic mass is 10.3. The van der Waals surface area contributed by atoms with Crippen molar-refractivity contribution < 1.29 is 18.5 Å². The first-order valence-electron chi connectivity index (χ1n) is 8.21. The molecule has 28 heavy (non-hydrogen) atoms. The maximum Gasteiger partial charge on any atom is 0.332 e. The molecule has 0 radical (unpaired) electrons. The zero-order valence-corrected chi connectivity index (χ0v) is 15.0. The molecule has 0 N–H and O–H groups in total. The number of hydrogen-bond acceptors (Lipinski definition) is 8. The maximum absolute atomic E-state index is 12.4. The molecule has 0 amide bonds. The molecule has 0 unspecified atom stereocenters.